The van der Waals surface area contributed by atoms with E-state index >= 15 is 0 Å². The summed E-state index contributed by atoms with van der Waals surface area (Å²) in [6, 6.07) is 23.8. The van der Waals surface area contributed by atoms with Crippen molar-refractivity contribution in [3.05, 3.63) is 95.6 Å². The van der Waals surface area contributed by atoms with Crippen LogP contribution in [0.5, 0.6) is 5.75 Å². The van der Waals surface area contributed by atoms with Crippen molar-refractivity contribution in [2.24, 2.45) is 0 Å². The van der Waals surface area contributed by atoms with E-state index in [2.05, 4.69) is 0 Å². The summed E-state index contributed by atoms with van der Waals surface area (Å²) < 4.78 is 36.0. The predicted molar refractivity (Wildman–Crippen MR) is 142 cm³/mol. The summed E-state index contributed by atoms with van der Waals surface area (Å²) >= 11 is 0. The van der Waals surface area contributed by atoms with Gasteiger partial charge < -0.3 is 9.64 Å². The molecule has 1 atom stereocenters. The van der Waals surface area contributed by atoms with Crippen molar-refractivity contribution >= 4 is 15.9 Å². The Bertz CT molecular complexity index is 1280. The van der Waals surface area contributed by atoms with E-state index in [1.54, 1.807) is 33.5 Å². The van der Waals surface area contributed by atoms with Gasteiger partial charge in [-0.2, -0.15) is 4.31 Å². The summed E-state index contributed by atoms with van der Waals surface area (Å²) in [7, 11) is -3.79. The van der Waals surface area contributed by atoms with Gasteiger partial charge in [-0.25, -0.2) is 8.42 Å². The van der Waals surface area contributed by atoms with Crippen LogP contribution in [0.1, 0.15) is 41.3 Å². The number of fused-ring (bicyclic) bond motifs is 1. The standard InChI is InChI=1S/C29H34N2O4S/c1-3-30-19-11-12-20-31(36(33,34)28-18-10-7-13-23(28)2)25(21-24-14-5-4-6-15-24)22-35-27-17-9-8-16-26(27)29(30)32/h4-10,13-18,25H,3,11-12,19-22H2,1-2H3/t25-/m1/s1. The Morgan fingerprint density at radius 2 is 1.56 bits per heavy atom. The highest BCUT2D eigenvalue weighted by atomic mass is 32.2. The minimum atomic E-state index is -3.79. The molecule has 0 saturated heterocycles. The number of rotatable bonds is 5. The lowest BCUT2D eigenvalue weighted by molar-refractivity contribution is 0.0750. The largest absolute Gasteiger partial charge is 0.491 e. The zero-order chi connectivity index (χ0) is 25.5. The van der Waals surface area contributed by atoms with Crippen LogP contribution < -0.4 is 4.74 Å². The van der Waals surface area contributed by atoms with Gasteiger partial charge in [-0.3, -0.25) is 4.79 Å². The van der Waals surface area contributed by atoms with Gasteiger partial charge in [-0.1, -0.05) is 60.7 Å². The van der Waals surface area contributed by atoms with Crippen molar-refractivity contribution in [1.82, 2.24) is 9.21 Å². The third kappa shape index (κ3) is 5.79. The second kappa shape index (κ2) is 11.7. The van der Waals surface area contributed by atoms with Crippen molar-refractivity contribution in [1.29, 1.82) is 0 Å². The highest BCUT2D eigenvalue weighted by Crippen LogP contribution is 2.27. The third-order valence-electron chi connectivity index (χ3n) is 6.68. The van der Waals surface area contributed by atoms with Gasteiger partial charge in [0.05, 0.1) is 16.5 Å². The normalized spacial score (nSPS) is 18.0. The molecule has 6 nitrogen and oxygen atoms in total. The van der Waals surface area contributed by atoms with Gasteiger partial charge in [0, 0.05) is 19.6 Å². The maximum Gasteiger partial charge on any atom is 0.257 e. The Hall–Kier alpha value is -3.16. The molecule has 0 bridgehead atoms. The molecular formula is C29H34N2O4S. The zero-order valence-electron chi connectivity index (χ0n) is 21.0. The number of hydrogen-bond donors (Lipinski definition) is 0. The van der Waals surface area contributed by atoms with Gasteiger partial charge in [-0.05, 0) is 62.4 Å². The Kier molecular flexibility index (Phi) is 8.44. The summed E-state index contributed by atoms with van der Waals surface area (Å²) in [4.78, 5) is 15.4. The zero-order valence-corrected chi connectivity index (χ0v) is 21.8. The maximum absolute atomic E-state index is 14.0. The summed E-state index contributed by atoms with van der Waals surface area (Å²) in [5, 5.41) is 0. The summed E-state index contributed by atoms with van der Waals surface area (Å²) in [6.07, 6.45) is 1.85. The topological polar surface area (TPSA) is 66.9 Å². The van der Waals surface area contributed by atoms with Crippen LogP contribution in [0.2, 0.25) is 0 Å². The van der Waals surface area contributed by atoms with Crippen LogP contribution in [0.3, 0.4) is 0 Å². The summed E-state index contributed by atoms with van der Waals surface area (Å²) in [5.41, 5.74) is 2.26. The molecular weight excluding hydrogens is 472 g/mol. The lowest BCUT2D eigenvalue weighted by atomic mass is 10.1. The highest BCUT2D eigenvalue weighted by molar-refractivity contribution is 7.89. The molecule has 1 aliphatic heterocycles. The van der Waals surface area contributed by atoms with Gasteiger partial charge >= 0.3 is 0 Å². The highest BCUT2D eigenvalue weighted by Gasteiger charge is 2.33. The van der Waals surface area contributed by atoms with Gasteiger partial charge in [0.2, 0.25) is 10.0 Å². The van der Waals surface area contributed by atoms with Crippen molar-refractivity contribution in [2.45, 2.75) is 44.0 Å². The van der Waals surface area contributed by atoms with Crippen molar-refractivity contribution in [3.8, 4) is 5.75 Å². The number of benzene rings is 3. The monoisotopic (exact) mass is 506 g/mol. The van der Waals surface area contributed by atoms with Crippen molar-refractivity contribution in [3.63, 3.8) is 0 Å². The number of carbonyl (C=O) groups excluding carboxylic acids is 1. The molecule has 0 N–H and O–H groups in total. The van der Waals surface area contributed by atoms with Gasteiger partial charge in [0.15, 0.2) is 0 Å². The number of carbonyl (C=O) groups is 1. The summed E-state index contributed by atoms with van der Waals surface area (Å²) in [6.45, 7) is 5.41. The minimum Gasteiger partial charge on any atom is -0.491 e. The van der Waals surface area contributed by atoms with Crippen LogP contribution in [-0.4, -0.2) is 55.8 Å². The van der Waals surface area contributed by atoms with Crippen molar-refractivity contribution in [2.75, 3.05) is 26.2 Å². The van der Waals surface area contributed by atoms with Crippen LogP contribution >= 0.6 is 0 Å². The Labute approximate surface area is 214 Å². The first kappa shape index (κ1) is 25.9. The third-order valence-corrected chi connectivity index (χ3v) is 8.79. The first-order chi connectivity index (χ1) is 17.4. The molecule has 3 aromatic rings. The van der Waals surface area contributed by atoms with Crippen LogP contribution in [0, 0.1) is 6.92 Å². The first-order valence-corrected chi connectivity index (χ1v) is 14.0. The van der Waals surface area contributed by atoms with Crippen LogP contribution in [-0.2, 0) is 16.4 Å². The average Bonchev–Trinajstić information content (AvgIpc) is 2.89. The molecule has 0 aromatic heterocycles. The number of sulfonamides is 1. The molecule has 0 radical (unpaired) electrons. The lowest BCUT2D eigenvalue weighted by Crippen LogP contribution is -2.46. The second-order valence-electron chi connectivity index (χ2n) is 9.12. The number of nitrogens with zero attached hydrogens (tertiary/aromatic N) is 2. The molecule has 1 heterocycles. The maximum atomic E-state index is 14.0. The average molecular weight is 507 g/mol. The molecule has 1 aliphatic rings. The molecule has 7 heteroatoms. The predicted octanol–water partition coefficient (Wildman–Crippen LogP) is 4.93. The Balaban J connectivity index is 1.76. The summed E-state index contributed by atoms with van der Waals surface area (Å²) in [5.74, 6) is 0.422. The fourth-order valence-electron chi connectivity index (χ4n) is 4.70. The van der Waals surface area contributed by atoms with Crippen molar-refractivity contribution < 1.29 is 17.9 Å². The quantitative estimate of drug-likeness (QED) is 0.492. The van der Waals surface area contributed by atoms with Crippen LogP contribution in [0.15, 0.2) is 83.8 Å². The number of hydrogen-bond acceptors (Lipinski definition) is 4. The minimum absolute atomic E-state index is 0.0577. The Morgan fingerprint density at radius 3 is 2.31 bits per heavy atom. The molecule has 0 spiro atoms. The molecule has 1 amide bonds. The molecule has 0 fully saturated rings. The fraction of sp³-hybridized carbons (Fsp3) is 0.345. The number of aryl methyl sites for hydroxylation is 1. The SMILES string of the molecule is CCN1CCCCN(S(=O)(=O)c2ccccc2C)[C@H](Cc2ccccc2)COc2ccccc2C1=O. The van der Waals surface area contributed by atoms with E-state index in [0.717, 1.165) is 11.1 Å². The van der Waals surface area contributed by atoms with E-state index in [9.17, 15) is 13.2 Å². The van der Waals surface area contributed by atoms with E-state index in [4.69, 9.17) is 4.74 Å². The first-order valence-electron chi connectivity index (χ1n) is 12.5. The number of amides is 1. The fourth-order valence-corrected chi connectivity index (χ4v) is 6.58. The number of para-hydroxylation sites is 1. The van der Waals surface area contributed by atoms with Gasteiger partial charge in [0.25, 0.3) is 5.91 Å². The molecule has 0 unspecified atom stereocenters. The van der Waals surface area contributed by atoms with E-state index in [0.29, 0.717) is 55.1 Å². The van der Waals surface area contributed by atoms with E-state index in [-0.39, 0.29) is 12.5 Å². The second-order valence-corrected chi connectivity index (χ2v) is 11.0. The van der Waals surface area contributed by atoms with E-state index in [1.807, 2.05) is 68.4 Å². The van der Waals surface area contributed by atoms with Gasteiger partial charge in [-0.15, -0.1) is 0 Å². The van der Waals surface area contributed by atoms with E-state index < -0.39 is 16.1 Å². The molecule has 190 valence electrons. The Morgan fingerprint density at radius 1 is 0.889 bits per heavy atom. The smallest absolute Gasteiger partial charge is 0.257 e. The van der Waals surface area contributed by atoms with Crippen LogP contribution in [0.4, 0.5) is 0 Å². The molecule has 36 heavy (non-hydrogen) atoms. The molecule has 3 aromatic carbocycles. The number of ether oxygens (including phenoxy) is 1. The molecule has 0 saturated carbocycles. The van der Waals surface area contributed by atoms with Crippen LogP contribution in [0.25, 0.3) is 0 Å². The van der Waals surface area contributed by atoms with E-state index in [1.165, 1.54) is 0 Å². The lowest BCUT2D eigenvalue weighted by Gasteiger charge is -2.33. The van der Waals surface area contributed by atoms with Gasteiger partial charge in [0.1, 0.15) is 12.4 Å². The molecule has 4 rings (SSSR count). The molecule has 0 aliphatic carbocycles.